The molecule has 0 radical (unpaired) electrons. The molecule has 1 unspecified atom stereocenters. The van der Waals surface area contributed by atoms with Crippen LogP contribution in [0.2, 0.25) is 0 Å². The number of rotatable bonds is 6. The second-order valence-electron chi connectivity index (χ2n) is 9.48. The minimum atomic E-state index is 0.261. The van der Waals surface area contributed by atoms with Gasteiger partial charge in [-0.2, -0.15) is 5.26 Å². The van der Waals surface area contributed by atoms with Crippen LogP contribution in [-0.2, 0) is 11.2 Å². The SMILES string of the molecule is N#Cc1ccc(N2CCN(C(=O)CCN3CCCC(Cc4ccc5c(c4)OCO5)C3)CC2)cc1. The zero-order valence-corrected chi connectivity index (χ0v) is 19.6. The Morgan fingerprint density at radius 2 is 1.79 bits per heavy atom. The number of hydrogen-bond acceptors (Lipinski definition) is 6. The number of nitrogens with zero attached hydrogens (tertiary/aromatic N) is 4. The van der Waals surface area contributed by atoms with E-state index in [4.69, 9.17) is 14.7 Å². The van der Waals surface area contributed by atoms with E-state index in [9.17, 15) is 4.79 Å². The van der Waals surface area contributed by atoms with Gasteiger partial charge in [-0.3, -0.25) is 4.79 Å². The number of likely N-dealkylation sites (tertiary alicyclic amines) is 1. The van der Waals surface area contributed by atoms with E-state index in [0.717, 1.165) is 69.4 Å². The van der Waals surface area contributed by atoms with Crippen LogP contribution in [0.3, 0.4) is 0 Å². The first-order valence-electron chi connectivity index (χ1n) is 12.3. The standard InChI is InChI=1S/C27H32N4O3/c28-18-21-3-6-24(7-4-21)30-12-14-31(15-13-30)27(32)9-11-29-10-1-2-23(19-29)16-22-5-8-25-26(17-22)34-20-33-25/h3-8,17,23H,1-2,9-16,19-20H2. The lowest BCUT2D eigenvalue weighted by atomic mass is 9.91. The Kier molecular flexibility index (Phi) is 6.87. The average molecular weight is 461 g/mol. The molecular formula is C27H32N4O3. The summed E-state index contributed by atoms with van der Waals surface area (Å²) < 4.78 is 10.9. The van der Waals surface area contributed by atoms with Crippen LogP contribution in [0.5, 0.6) is 11.5 Å². The fourth-order valence-corrected chi connectivity index (χ4v) is 5.29. The molecule has 2 aromatic rings. The van der Waals surface area contributed by atoms with Crippen LogP contribution >= 0.6 is 0 Å². The third-order valence-corrected chi connectivity index (χ3v) is 7.20. The van der Waals surface area contributed by atoms with Crippen molar-refractivity contribution in [3.8, 4) is 17.6 Å². The molecule has 2 saturated heterocycles. The molecule has 0 saturated carbocycles. The third kappa shape index (κ3) is 5.28. The van der Waals surface area contributed by atoms with E-state index in [0.29, 0.717) is 24.7 Å². The molecule has 3 aliphatic heterocycles. The van der Waals surface area contributed by atoms with Crippen LogP contribution < -0.4 is 14.4 Å². The molecule has 1 amide bonds. The summed E-state index contributed by atoms with van der Waals surface area (Å²) in [5.74, 6) is 2.57. The van der Waals surface area contributed by atoms with Crippen molar-refractivity contribution in [2.75, 3.05) is 57.5 Å². The van der Waals surface area contributed by atoms with Crippen molar-refractivity contribution in [1.82, 2.24) is 9.80 Å². The molecule has 34 heavy (non-hydrogen) atoms. The van der Waals surface area contributed by atoms with Crippen molar-refractivity contribution in [3.05, 3.63) is 53.6 Å². The summed E-state index contributed by atoms with van der Waals surface area (Å²) in [6, 6.07) is 16.1. The Morgan fingerprint density at radius 3 is 2.59 bits per heavy atom. The van der Waals surface area contributed by atoms with Gasteiger partial charge in [0.2, 0.25) is 12.7 Å². The van der Waals surface area contributed by atoms with Gasteiger partial charge >= 0.3 is 0 Å². The first-order chi connectivity index (χ1) is 16.7. The number of carbonyl (C=O) groups is 1. The summed E-state index contributed by atoms with van der Waals surface area (Å²) in [6.07, 6.45) is 4.05. The largest absolute Gasteiger partial charge is 0.454 e. The van der Waals surface area contributed by atoms with Crippen molar-refractivity contribution >= 4 is 11.6 Å². The maximum Gasteiger partial charge on any atom is 0.231 e. The third-order valence-electron chi connectivity index (χ3n) is 7.20. The molecule has 7 heteroatoms. The number of piperazine rings is 1. The Labute approximate surface area is 201 Å². The number of hydrogen-bond donors (Lipinski definition) is 0. The molecule has 0 bridgehead atoms. The van der Waals surface area contributed by atoms with Gasteiger partial charge in [0, 0.05) is 51.4 Å². The van der Waals surface area contributed by atoms with Crippen molar-refractivity contribution in [2.45, 2.75) is 25.7 Å². The maximum absolute atomic E-state index is 12.9. The fraction of sp³-hybridized carbons (Fsp3) is 0.481. The first kappa shape index (κ1) is 22.5. The summed E-state index contributed by atoms with van der Waals surface area (Å²) in [7, 11) is 0. The minimum Gasteiger partial charge on any atom is -0.454 e. The van der Waals surface area contributed by atoms with E-state index in [1.165, 1.54) is 18.4 Å². The minimum absolute atomic E-state index is 0.261. The Bertz CT molecular complexity index is 1040. The molecule has 5 rings (SSSR count). The van der Waals surface area contributed by atoms with Gasteiger partial charge < -0.3 is 24.2 Å². The predicted molar refractivity (Wildman–Crippen MR) is 130 cm³/mol. The normalized spacial score (nSPS) is 20.3. The van der Waals surface area contributed by atoms with Gasteiger partial charge in [-0.25, -0.2) is 0 Å². The van der Waals surface area contributed by atoms with Crippen LogP contribution in [0, 0.1) is 17.2 Å². The van der Waals surface area contributed by atoms with Gasteiger partial charge in [-0.1, -0.05) is 6.07 Å². The number of ether oxygens (including phenoxy) is 2. The van der Waals surface area contributed by atoms with Crippen LogP contribution in [0.15, 0.2) is 42.5 Å². The van der Waals surface area contributed by atoms with Crippen molar-refractivity contribution in [1.29, 1.82) is 5.26 Å². The number of carbonyl (C=O) groups excluding carboxylic acids is 1. The van der Waals surface area contributed by atoms with Crippen LogP contribution in [0.25, 0.3) is 0 Å². The fourth-order valence-electron chi connectivity index (χ4n) is 5.29. The number of benzene rings is 2. The lowest BCUT2D eigenvalue weighted by Crippen LogP contribution is -2.49. The average Bonchev–Trinajstić information content (AvgIpc) is 3.36. The molecular weight excluding hydrogens is 428 g/mol. The van der Waals surface area contributed by atoms with Crippen LogP contribution in [0.4, 0.5) is 5.69 Å². The monoisotopic (exact) mass is 460 g/mol. The number of fused-ring (bicyclic) bond motifs is 1. The highest BCUT2D eigenvalue weighted by atomic mass is 16.7. The molecule has 0 N–H and O–H groups in total. The van der Waals surface area contributed by atoms with E-state index >= 15 is 0 Å². The molecule has 3 aliphatic rings. The molecule has 0 spiro atoms. The lowest BCUT2D eigenvalue weighted by molar-refractivity contribution is -0.131. The summed E-state index contributed by atoms with van der Waals surface area (Å²) >= 11 is 0. The molecule has 0 aromatic heterocycles. The van der Waals surface area contributed by atoms with Crippen molar-refractivity contribution in [2.24, 2.45) is 5.92 Å². The quantitative estimate of drug-likeness (QED) is 0.659. The van der Waals surface area contributed by atoms with Gasteiger partial charge in [0.15, 0.2) is 11.5 Å². The molecule has 2 aromatic carbocycles. The smallest absolute Gasteiger partial charge is 0.231 e. The van der Waals surface area contributed by atoms with Gasteiger partial charge in [-0.05, 0) is 73.7 Å². The van der Waals surface area contributed by atoms with Crippen molar-refractivity contribution < 1.29 is 14.3 Å². The molecule has 3 heterocycles. The van der Waals surface area contributed by atoms with Crippen LogP contribution in [0.1, 0.15) is 30.4 Å². The first-order valence-corrected chi connectivity index (χ1v) is 12.3. The number of amides is 1. The highest BCUT2D eigenvalue weighted by Gasteiger charge is 2.25. The van der Waals surface area contributed by atoms with E-state index in [2.05, 4.69) is 28.0 Å². The molecule has 2 fully saturated rings. The number of nitriles is 1. The van der Waals surface area contributed by atoms with E-state index in [1.54, 1.807) is 0 Å². The second-order valence-corrected chi connectivity index (χ2v) is 9.48. The summed E-state index contributed by atoms with van der Waals surface area (Å²) in [6.45, 7) is 6.46. The topological polar surface area (TPSA) is 69.0 Å². The molecule has 178 valence electrons. The summed E-state index contributed by atoms with van der Waals surface area (Å²) in [5.41, 5.74) is 3.09. The zero-order valence-electron chi connectivity index (χ0n) is 19.6. The van der Waals surface area contributed by atoms with Gasteiger partial charge in [0.05, 0.1) is 11.6 Å². The molecule has 7 nitrogen and oxygen atoms in total. The van der Waals surface area contributed by atoms with Gasteiger partial charge in [-0.15, -0.1) is 0 Å². The van der Waals surface area contributed by atoms with Gasteiger partial charge in [0.1, 0.15) is 0 Å². The molecule has 1 atom stereocenters. The lowest BCUT2D eigenvalue weighted by Gasteiger charge is -2.37. The van der Waals surface area contributed by atoms with Crippen molar-refractivity contribution in [3.63, 3.8) is 0 Å². The van der Waals surface area contributed by atoms with E-state index in [-0.39, 0.29) is 5.91 Å². The second kappa shape index (κ2) is 10.4. The number of anilines is 1. The Balaban J connectivity index is 1.06. The Morgan fingerprint density at radius 1 is 1.00 bits per heavy atom. The Hall–Kier alpha value is -3.24. The van der Waals surface area contributed by atoms with Crippen LogP contribution in [-0.4, -0.2) is 68.3 Å². The summed E-state index contributed by atoms with van der Waals surface area (Å²) in [5, 5.41) is 8.97. The maximum atomic E-state index is 12.9. The number of piperidine rings is 1. The summed E-state index contributed by atoms with van der Waals surface area (Å²) in [4.78, 5) is 19.6. The zero-order chi connectivity index (χ0) is 23.3. The predicted octanol–water partition coefficient (Wildman–Crippen LogP) is 3.28. The van der Waals surface area contributed by atoms with Gasteiger partial charge in [0.25, 0.3) is 0 Å². The highest BCUT2D eigenvalue weighted by molar-refractivity contribution is 5.76. The van der Waals surface area contributed by atoms with E-state index in [1.807, 2.05) is 35.2 Å². The molecule has 0 aliphatic carbocycles. The highest BCUT2D eigenvalue weighted by Crippen LogP contribution is 2.33. The van der Waals surface area contributed by atoms with E-state index < -0.39 is 0 Å².